The minimum Gasteiger partial charge on any atom is -0.309 e. The van der Waals surface area contributed by atoms with Gasteiger partial charge in [-0.2, -0.15) is 0 Å². The zero-order chi connectivity index (χ0) is 24.1. The van der Waals surface area contributed by atoms with Crippen LogP contribution in [0.4, 0.5) is 0 Å². The Bertz CT molecular complexity index is 1900. The van der Waals surface area contributed by atoms with Gasteiger partial charge < -0.3 is 4.57 Å². The van der Waals surface area contributed by atoms with Crippen molar-refractivity contribution in [3.63, 3.8) is 0 Å². The van der Waals surface area contributed by atoms with Crippen molar-refractivity contribution in [1.82, 2.24) is 4.57 Å². The molecule has 0 atom stereocenters. The molecule has 7 rings (SSSR count). The van der Waals surface area contributed by atoms with Gasteiger partial charge >= 0.3 is 0 Å². The molecule has 6 aromatic carbocycles. The largest absolute Gasteiger partial charge is 0.309 e. The van der Waals surface area contributed by atoms with Gasteiger partial charge in [-0.25, -0.2) is 0 Å². The van der Waals surface area contributed by atoms with E-state index in [1.807, 2.05) is 24.3 Å². The van der Waals surface area contributed by atoms with Gasteiger partial charge in [-0.15, -0.1) is 0 Å². The molecule has 1 aromatic heterocycles. The van der Waals surface area contributed by atoms with E-state index >= 15 is 0 Å². The Morgan fingerprint density at radius 2 is 1.19 bits per heavy atom. The SMILES string of the molecule is Clc1ccc(-c2cccc(-n3c4ccccc4c4ccc5ccccc5c43)c2)cc1-c1ccccc1. The molecule has 1 heterocycles. The second-order valence-electron chi connectivity index (χ2n) is 9.15. The molecule has 2 heteroatoms. The normalized spacial score (nSPS) is 11.5. The van der Waals surface area contributed by atoms with Crippen LogP contribution in [0, 0.1) is 0 Å². The first-order valence-electron chi connectivity index (χ1n) is 12.1. The van der Waals surface area contributed by atoms with Crippen LogP contribution in [0.15, 0.2) is 133 Å². The quantitative estimate of drug-likeness (QED) is 0.237. The van der Waals surface area contributed by atoms with Crippen LogP contribution in [-0.4, -0.2) is 4.57 Å². The van der Waals surface area contributed by atoms with Crippen molar-refractivity contribution in [1.29, 1.82) is 0 Å². The number of aromatic nitrogens is 1. The van der Waals surface area contributed by atoms with Crippen LogP contribution in [0.2, 0.25) is 5.02 Å². The fourth-order valence-corrected chi connectivity index (χ4v) is 5.59. The van der Waals surface area contributed by atoms with Gasteiger partial charge in [0.25, 0.3) is 0 Å². The maximum Gasteiger partial charge on any atom is 0.0619 e. The zero-order valence-electron chi connectivity index (χ0n) is 19.5. The molecular weight excluding hydrogens is 458 g/mol. The molecule has 0 radical (unpaired) electrons. The molecule has 0 amide bonds. The molecule has 0 fully saturated rings. The molecule has 0 bridgehead atoms. The summed E-state index contributed by atoms with van der Waals surface area (Å²) in [5.41, 5.74) is 8.07. The topological polar surface area (TPSA) is 4.93 Å². The minimum atomic E-state index is 0.759. The van der Waals surface area contributed by atoms with Gasteiger partial charge in [0.2, 0.25) is 0 Å². The molecule has 0 unspecified atom stereocenters. The molecule has 170 valence electrons. The smallest absolute Gasteiger partial charge is 0.0619 e. The maximum atomic E-state index is 6.61. The summed E-state index contributed by atoms with van der Waals surface area (Å²) in [6.45, 7) is 0. The highest BCUT2D eigenvalue weighted by Gasteiger charge is 2.15. The fraction of sp³-hybridized carbons (Fsp3) is 0. The van der Waals surface area contributed by atoms with E-state index in [0.29, 0.717) is 0 Å². The van der Waals surface area contributed by atoms with Crippen molar-refractivity contribution in [3.05, 3.63) is 138 Å². The van der Waals surface area contributed by atoms with Crippen LogP contribution < -0.4 is 0 Å². The third-order valence-electron chi connectivity index (χ3n) is 7.05. The van der Waals surface area contributed by atoms with Crippen molar-refractivity contribution in [2.45, 2.75) is 0 Å². The van der Waals surface area contributed by atoms with E-state index in [1.165, 1.54) is 32.6 Å². The highest BCUT2D eigenvalue weighted by molar-refractivity contribution is 6.33. The summed E-state index contributed by atoms with van der Waals surface area (Å²) in [6, 6.07) is 47.2. The second-order valence-corrected chi connectivity index (χ2v) is 9.55. The van der Waals surface area contributed by atoms with E-state index < -0.39 is 0 Å². The lowest BCUT2D eigenvalue weighted by Gasteiger charge is -2.13. The van der Waals surface area contributed by atoms with E-state index in [0.717, 1.165) is 33.0 Å². The van der Waals surface area contributed by atoms with E-state index in [1.54, 1.807) is 0 Å². The Morgan fingerprint density at radius 1 is 0.472 bits per heavy atom. The van der Waals surface area contributed by atoms with Crippen molar-refractivity contribution in [2.75, 3.05) is 0 Å². The number of hydrogen-bond acceptors (Lipinski definition) is 0. The molecule has 1 nitrogen and oxygen atoms in total. The summed E-state index contributed by atoms with van der Waals surface area (Å²) in [4.78, 5) is 0. The number of para-hydroxylation sites is 1. The molecule has 0 saturated heterocycles. The molecule has 0 aliphatic heterocycles. The van der Waals surface area contributed by atoms with Crippen molar-refractivity contribution in [3.8, 4) is 27.9 Å². The fourth-order valence-electron chi connectivity index (χ4n) is 5.37. The molecule has 0 N–H and O–H groups in total. The minimum absolute atomic E-state index is 0.759. The van der Waals surface area contributed by atoms with Gasteiger partial charge in [0.15, 0.2) is 0 Å². The molecule has 36 heavy (non-hydrogen) atoms. The highest BCUT2D eigenvalue weighted by Crippen LogP contribution is 2.38. The summed E-state index contributed by atoms with van der Waals surface area (Å²) in [7, 11) is 0. The monoisotopic (exact) mass is 479 g/mol. The number of benzene rings is 6. The lowest BCUT2D eigenvalue weighted by molar-refractivity contribution is 1.19. The van der Waals surface area contributed by atoms with Crippen LogP contribution >= 0.6 is 11.6 Å². The van der Waals surface area contributed by atoms with Gasteiger partial charge in [-0.3, -0.25) is 0 Å². The van der Waals surface area contributed by atoms with E-state index in [-0.39, 0.29) is 0 Å². The van der Waals surface area contributed by atoms with Crippen LogP contribution in [0.25, 0.3) is 60.5 Å². The summed E-state index contributed by atoms with van der Waals surface area (Å²) in [6.07, 6.45) is 0. The van der Waals surface area contributed by atoms with Gasteiger partial charge in [0, 0.05) is 32.4 Å². The summed E-state index contributed by atoms with van der Waals surface area (Å²) < 4.78 is 2.41. The second kappa shape index (κ2) is 8.41. The van der Waals surface area contributed by atoms with Gasteiger partial charge in [0.05, 0.1) is 11.0 Å². The first-order chi connectivity index (χ1) is 17.8. The third-order valence-corrected chi connectivity index (χ3v) is 7.38. The third kappa shape index (κ3) is 3.32. The van der Waals surface area contributed by atoms with Crippen LogP contribution in [0.1, 0.15) is 0 Å². The zero-order valence-corrected chi connectivity index (χ0v) is 20.3. The van der Waals surface area contributed by atoms with Crippen LogP contribution in [0.5, 0.6) is 0 Å². The predicted molar refractivity (Wildman–Crippen MR) is 154 cm³/mol. The molecule has 7 aromatic rings. The Kier molecular flexibility index (Phi) is 4.90. The average Bonchev–Trinajstić information content (AvgIpc) is 3.29. The van der Waals surface area contributed by atoms with Crippen molar-refractivity contribution in [2.24, 2.45) is 0 Å². The molecule has 0 aliphatic rings. The lowest BCUT2D eigenvalue weighted by atomic mass is 9.98. The molecule has 0 saturated carbocycles. The Balaban J connectivity index is 1.47. The number of rotatable bonds is 3. The number of halogens is 1. The van der Waals surface area contributed by atoms with E-state index in [2.05, 4.69) is 114 Å². The summed E-state index contributed by atoms with van der Waals surface area (Å²) in [5.74, 6) is 0. The molecule has 0 spiro atoms. The maximum absolute atomic E-state index is 6.61. The van der Waals surface area contributed by atoms with Crippen molar-refractivity contribution >= 4 is 44.2 Å². The number of fused-ring (bicyclic) bond motifs is 5. The van der Waals surface area contributed by atoms with Gasteiger partial charge in [-0.1, -0.05) is 115 Å². The predicted octanol–water partition coefficient (Wildman–Crippen LogP) is 9.92. The van der Waals surface area contributed by atoms with E-state index in [9.17, 15) is 0 Å². The number of hydrogen-bond donors (Lipinski definition) is 0. The van der Waals surface area contributed by atoms with Gasteiger partial charge in [0.1, 0.15) is 0 Å². The first-order valence-corrected chi connectivity index (χ1v) is 12.5. The van der Waals surface area contributed by atoms with E-state index in [4.69, 9.17) is 11.6 Å². The molecular formula is C34H22ClN. The number of nitrogens with zero attached hydrogens (tertiary/aromatic N) is 1. The standard InChI is InChI=1S/C34H22ClN/c35-32-20-18-26(22-31(32)23-9-2-1-3-10-23)25-12-8-13-27(21-25)36-33-16-7-6-15-29(33)30-19-17-24-11-4-5-14-28(24)34(30)36/h1-22H. The highest BCUT2D eigenvalue weighted by atomic mass is 35.5. The molecule has 0 aliphatic carbocycles. The summed E-state index contributed by atoms with van der Waals surface area (Å²) >= 11 is 6.61. The van der Waals surface area contributed by atoms with Crippen LogP contribution in [-0.2, 0) is 0 Å². The Hall–Kier alpha value is -4.33. The Morgan fingerprint density at radius 3 is 2.08 bits per heavy atom. The summed E-state index contributed by atoms with van der Waals surface area (Å²) in [5, 5.41) is 5.80. The average molecular weight is 480 g/mol. The Labute approximate surface area is 214 Å². The van der Waals surface area contributed by atoms with Crippen LogP contribution in [0.3, 0.4) is 0 Å². The lowest BCUT2D eigenvalue weighted by Crippen LogP contribution is -1.95. The first kappa shape index (κ1) is 21.0. The van der Waals surface area contributed by atoms with Crippen molar-refractivity contribution < 1.29 is 0 Å². The van der Waals surface area contributed by atoms with Gasteiger partial charge in [-0.05, 0) is 52.4 Å².